The minimum Gasteiger partial charge on any atom is -0.489 e. The zero-order valence-corrected chi connectivity index (χ0v) is 22.2. The Labute approximate surface area is 209 Å². The topological polar surface area (TPSA) is 18.0 Å². The number of benzene rings is 3. The van der Waals surface area contributed by atoms with Gasteiger partial charge in [0, 0.05) is 11.1 Å². The van der Waals surface area contributed by atoms with E-state index in [1.54, 1.807) is 0 Å². The number of allylic oxidation sites excluding steroid dienone is 1. The van der Waals surface area contributed by atoms with Crippen LogP contribution in [-0.4, -0.2) is 11.2 Å². The molecule has 5 rings (SSSR count). The number of fused-ring (bicyclic) bond motifs is 2. The van der Waals surface area contributed by atoms with Crippen LogP contribution < -0.4 is 9.30 Å². The smallest absolute Gasteiger partial charge is 0.245 e. The number of rotatable bonds is 5. The fourth-order valence-electron chi connectivity index (χ4n) is 5.44. The molecule has 180 valence electrons. The molecule has 0 unspecified atom stereocenters. The fourth-order valence-corrected chi connectivity index (χ4v) is 5.44. The second-order valence-electron chi connectivity index (χ2n) is 10.4. The highest BCUT2D eigenvalue weighted by molar-refractivity contribution is 5.74. The van der Waals surface area contributed by atoms with Gasteiger partial charge in [-0.25, -0.2) is 9.13 Å². The summed E-state index contributed by atoms with van der Waals surface area (Å²) in [5.41, 5.74) is 15.0. The maximum atomic E-state index is 5.97. The fraction of sp³-hybridized carbons (Fsp3) is 0.344. The van der Waals surface area contributed by atoms with E-state index >= 15 is 0 Å². The molecular weight excluding hydrogens is 428 g/mol. The molecule has 0 aliphatic carbocycles. The third kappa shape index (κ3) is 4.07. The number of ether oxygens (including phenoxy) is 1. The first-order valence-electron chi connectivity index (χ1n) is 12.8. The zero-order valence-electron chi connectivity index (χ0n) is 22.2. The Morgan fingerprint density at radius 3 is 2.29 bits per heavy atom. The van der Waals surface area contributed by atoms with Crippen LogP contribution >= 0.6 is 0 Å². The predicted molar refractivity (Wildman–Crippen MR) is 145 cm³/mol. The molecule has 1 aromatic heterocycles. The minimum absolute atomic E-state index is 0.492. The lowest BCUT2D eigenvalue weighted by Crippen LogP contribution is -2.33. The van der Waals surface area contributed by atoms with Crippen LogP contribution in [0.25, 0.3) is 16.6 Å². The lowest BCUT2D eigenvalue weighted by Gasteiger charge is -2.20. The summed E-state index contributed by atoms with van der Waals surface area (Å²) in [6.07, 6.45) is 4.54. The first-order chi connectivity index (χ1) is 16.8. The summed E-state index contributed by atoms with van der Waals surface area (Å²) in [4.78, 5) is 0. The molecule has 0 atom stereocenters. The van der Waals surface area contributed by atoms with E-state index in [9.17, 15) is 0 Å². The molecule has 35 heavy (non-hydrogen) atoms. The van der Waals surface area contributed by atoms with Gasteiger partial charge < -0.3 is 4.74 Å². The van der Waals surface area contributed by atoms with Gasteiger partial charge in [-0.2, -0.15) is 0 Å². The van der Waals surface area contributed by atoms with Crippen molar-refractivity contribution < 1.29 is 9.30 Å². The van der Waals surface area contributed by atoms with Gasteiger partial charge in [-0.1, -0.05) is 32.0 Å². The van der Waals surface area contributed by atoms with E-state index < -0.39 is 0 Å². The van der Waals surface area contributed by atoms with Gasteiger partial charge in [0.15, 0.2) is 11.0 Å². The van der Waals surface area contributed by atoms with E-state index in [0.717, 1.165) is 18.8 Å². The van der Waals surface area contributed by atoms with Crippen LogP contribution in [0.4, 0.5) is 0 Å². The molecule has 3 aromatic carbocycles. The SMILES string of the molecule is Cc1c(C)c(C)c(Cn2c[n+](CC3=CCOc4ccc(C(C)C)cc43)c3ccccc32)c(C)c1C. The highest BCUT2D eigenvalue weighted by atomic mass is 16.5. The molecule has 1 aliphatic rings. The summed E-state index contributed by atoms with van der Waals surface area (Å²) in [7, 11) is 0. The molecule has 0 bridgehead atoms. The summed E-state index contributed by atoms with van der Waals surface area (Å²) in [6, 6.07) is 15.4. The van der Waals surface area contributed by atoms with Crippen molar-refractivity contribution in [1.82, 2.24) is 4.57 Å². The largest absolute Gasteiger partial charge is 0.489 e. The molecule has 4 aromatic rings. The Morgan fingerprint density at radius 1 is 0.886 bits per heavy atom. The normalized spacial score (nSPS) is 13.2. The van der Waals surface area contributed by atoms with E-state index in [1.165, 1.54) is 61.1 Å². The van der Waals surface area contributed by atoms with Crippen molar-refractivity contribution in [3.63, 3.8) is 0 Å². The Morgan fingerprint density at radius 2 is 1.57 bits per heavy atom. The van der Waals surface area contributed by atoms with Crippen molar-refractivity contribution in [1.29, 1.82) is 0 Å². The van der Waals surface area contributed by atoms with Crippen LogP contribution in [0.1, 0.15) is 64.3 Å². The van der Waals surface area contributed by atoms with Crippen LogP contribution in [0.3, 0.4) is 0 Å². The lowest BCUT2D eigenvalue weighted by molar-refractivity contribution is -0.659. The molecule has 0 N–H and O–H groups in total. The number of hydrogen-bond donors (Lipinski definition) is 0. The monoisotopic (exact) mass is 465 g/mol. The summed E-state index contributed by atoms with van der Waals surface area (Å²) in [6.45, 7) is 18.1. The summed E-state index contributed by atoms with van der Waals surface area (Å²) >= 11 is 0. The Kier molecular flexibility index (Phi) is 6.04. The Bertz CT molecular complexity index is 1440. The van der Waals surface area contributed by atoms with Crippen LogP contribution in [0.5, 0.6) is 5.75 Å². The highest BCUT2D eigenvalue weighted by Crippen LogP contribution is 2.33. The number of nitrogens with zero attached hydrogens (tertiary/aromatic N) is 2. The maximum Gasteiger partial charge on any atom is 0.245 e. The number of aromatic nitrogens is 2. The third-order valence-corrected chi connectivity index (χ3v) is 8.19. The summed E-state index contributed by atoms with van der Waals surface area (Å²) in [5, 5.41) is 0. The van der Waals surface area contributed by atoms with Crippen LogP contribution in [0.2, 0.25) is 0 Å². The number of imidazole rings is 1. The second-order valence-corrected chi connectivity index (χ2v) is 10.4. The molecule has 0 spiro atoms. The molecule has 3 nitrogen and oxygen atoms in total. The third-order valence-electron chi connectivity index (χ3n) is 8.19. The van der Waals surface area contributed by atoms with Crippen LogP contribution in [-0.2, 0) is 13.1 Å². The molecule has 0 saturated carbocycles. The average Bonchev–Trinajstić information content (AvgIpc) is 3.21. The van der Waals surface area contributed by atoms with Crippen molar-refractivity contribution in [2.45, 2.75) is 67.5 Å². The molecule has 0 amide bonds. The van der Waals surface area contributed by atoms with Gasteiger partial charge in [-0.15, -0.1) is 0 Å². The van der Waals surface area contributed by atoms with Gasteiger partial charge in [0.1, 0.15) is 25.4 Å². The van der Waals surface area contributed by atoms with Gasteiger partial charge in [-0.05, 0) is 110 Å². The lowest BCUT2D eigenvalue weighted by atomic mass is 9.89. The van der Waals surface area contributed by atoms with E-state index in [2.05, 4.69) is 112 Å². The molecular formula is C32H37N2O+. The molecule has 3 heteroatoms. The van der Waals surface area contributed by atoms with E-state index in [4.69, 9.17) is 4.74 Å². The molecule has 0 radical (unpaired) electrons. The molecule has 1 aliphatic heterocycles. The van der Waals surface area contributed by atoms with E-state index in [0.29, 0.717) is 12.5 Å². The predicted octanol–water partition coefficient (Wildman–Crippen LogP) is 7.12. The first-order valence-corrected chi connectivity index (χ1v) is 12.8. The minimum atomic E-state index is 0.492. The molecule has 0 saturated heterocycles. The van der Waals surface area contributed by atoms with E-state index in [-0.39, 0.29) is 0 Å². The zero-order chi connectivity index (χ0) is 24.9. The van der Waals surface area contributed by atoms with Gasteiger partial charge in [0.2, 0.25) is 6.33 Å². The van der Waals surface area contributed by atoms with Gasteiger partial charge >= 0.3 is 0 Å². The summed E-state index contributed by atoms with van der Waals surface area (Å²) < 4.78 is 10.8. The van der Waals surface area contributed by atoms with Crippen molar-refractivity contribution in [2.75, 3.05) is 6.61 Å². The van der Waals surface area contributed by atoms with Crippen molar-refractivity contribution in [3.8, 4) is 5.75 Å². The van der Waals surface area contributed by atoms with E-state index in [1.807, 2.05) is 0 Å². The van der Waals surface area contributed by atoms with Crippen LogP contribution in [0.15, 0.2) is 54.9 Å². The Hall–Kier alpha value is -3.33. The number of hydrogen-bond acceptors (Lipinski definition) is 1. The van der Waals surface area contributed by atoms with Crippen molar-refractivity contribution in [2.24, 2.45) is 0 Å². The van der Waals surface area contributed by atoms with Gasteiger partial charge in [-0.3, -0.25) is 0 Å². The second kappa shape index (κ2) is 9.03. The van der Waals surface area contributed by atoms with Crippen molar-refractivity contribution >= 4 is 16.6 Å². The van der Waals surface area contributed by atoms with Crippen LogP contribution in [0, 0.1) is 34.6 Å². The molecule has 2 heterocycles. The highest BCUT2D eigenvalue weighted by Gasteiger charge is 2.22. The van der Waals surface area contributed by atoms with Gasteiger partial charge in [0.25, 0.3) is 0 Å². The molecule has 0 fully saturated rings. The summed E-state index contributed by atoms with van der Waals surface area (Å²) in [5.74, 6) is 1.49. The van der Waals surface area contributed by atoms with Gasteiger partial charge in [0.05, 0.1) is 0 Å². The quantitative estimate of drug-likeness (QED) is 0.287. The van der Waals surface area contributed by atoms with Crippen molar-refractivity contribution in [3.05, 3.63) is 99.4 Å². The standard InChI is InChI=1S/C32H37N2O/c1-20(2)26-12-13-32-28(16-26)27(14-15-35-32)17-33-19-34(31-11-9-8-10-30(31)33)18-29-24(6)22(4)21(3)23(5)25(29)7/h8-14,16,19-20H,15,17-18H2,1-7H3/q+1. The first kappa shape index (κ1) is 23.4. The average molecular weight is 466 g/mol. The Balaban J connectivity index is 1.56. The maximum absolute atomic E-state index is 5.97. The number of para-hydroxylation sites is 2.